The minimum Gasteiger partial charge on any atom is -0.298 e. The Bertz CT molecular complexity index is 1150. The normalized spacial score (nSPS) is 11.3. The highest BCUT2D eigenvalue weighted by atomic mass is 32.1. The largest absolute Gasteiger partial charge is 0.298 e. The summed E-state index contributed by atoms with van der Waals surface area (Å²) < 4.78 is 28.2. The van der Waals surface area contributed by atoms with E-state index in [0.717, 1.165) is 15.1 Å². The number of halogens is 2. The molecule has 3 heterocycles. The number of fused-ring (bicyclic) bond motifs is 1. The van der Waals surface area contributed by atoms with Crippen molar-refractivity contribution in [1.29, 1.82) is 0 Å². The second-order valence-corrected chi connectivity index (χ2v) is 7.34. The van der Waals surface area contributed by atoms with Crippen molar-refractivity contribution >= 4 is 28.0 Å². The number of hydrogen-bond donors (Lipinski definition) is 1. The summed E-state index contributed by atoms with van der Waals surface area (Å²) in [6.07, 6.45) is -1.53. The average Bonchev–Trinajstić information content (AvgIpc) is 3.24. The zero-order valence-corrected chi connectivity index (χ0v) is 15.8. The molecule has 6 nitrogen and oxygen atoms in total. The summed E-state index contributed by atoms with van der Waals surface area (Å²) in [6.45, 7) is 3.75. The van der Waals surface area contributed by atoms with Crippen LogP contribution in [0.4, 0.5) is 13.9 Å². The summed E-state index contributed by atoms with van der Waals surface area (Å²) in [5, 5.41) is 7.09. The van der Waals surface area contributed by atoms with E-state index in [9.17, 15) is 13.6 Å². The zero-order chi connectivity index (χ0) is 19.8. The van der Waals surface area contributed by atoms with Crippen molar-refractivity contribution in [3.8, 4) is 11.3 Å². The van der Waals surface area contributed by atoms with E-state index in [1.807, 2.05) is 19.9 Å². The molecule has 28 heavy (non-hydrogen) atoms. The lowest BCUT2D eigenvalue weighted by Crippen LogP contribution is -2.12. The molecule has 4 aromatic rings. The minimum atomic E-state index is -2.77. The third-order valence-corrected chi connectivity index (χ3v) is 5.27. The molecule has 4 rings (SSSR count). The lowest BCUT2D eigenvalue weighted by molar-refractivity contribution is 0.102. The van der Waals surface area contributed by atoms with Gasteiger partial charge in [-0.1, -0.05) is 30.3 Å². The summed E-state index contributed by atoms with van der Waals surface area (Å²) in [5.74, 6) is -0.498. The monoisotopic (exact) mass is 399 g/mol. The molecule has 142 valence electrons. The van der Waals surface area contributed by atoms with Crippen LogP contribution in [0.1, 0.15) is 33.0 Å². The predicted octanol–water partition coefficient (Wildman–Crippen LogP) is 4.66. The standard InChI is InChI=1S/C19H15F2N5OS/c1-10-11(2)28-19(23-10)25-18(27)13-9-22-26-15(16(20)21)8-14(24-17(13)26)12-6-4-3-5-7-12/h3-9,16H,1-2H3,(H,23,25,27). The Hall–Kier alpha value is -3.20. The van der Waals surface area contributed by atoms with Crippen molar-refractivity contribution < 1.29 is 13.6 Å². The lowest BCUT2D eigenvalue weighted by Gasteiger charge is -2.08. The van der Waals surface area contributed by atoms with Gasteiger partial charge in [0, 0.05) is 10.4 Å². The number of nitrogens with one attached hydrogen (secondary N) is 1. The first-order chi connectivity index (χ1) is 13.4. The van der Waals surface area contributed by atoms with E-state index in [2.05, 4.69) is 20.4 Å². The first kappa shape index (κ1) is 18.2. The van der Waals surface area contributed by atoms with Crippen LogP contribution in [-0.2, 0) is 0 Å². The second kappa shape index (κ2) is 7.08. The van der Waals surface area contributed by atoms with Crippen LogP contribution in [0, 0.1) is 13.8 Å². The van der Waals surface area contributed by atoms with Gasteiger partial charge >= 0.3 is 0 Å². The fourth-order valence-electron chi connectivity index (χ4n) is 2.75. The maximum Gasteiger partial charge on any atom is 0.280 e. The van der Waals surface area contributed by atoms with E-state index in [4.69, 9.17) is 0 Å². The topological polar surface area (TPSA) is 72.2 Å². The van der Waals surface area contributed by atoms with Gasteiger partial charge in [0.05, 0.1) is 17.6 Å². The van der Waals surface area contributed by atoms with Crippen LogP contribution < -0.4 is 5.32 Å². The van der Waals surface area contributed by atoms with Gasteiger partial charge in [0.15, 0.2) is 10.8 Å². The number of amides is 1. The highest BCUT2D eigenvalue weighted by Crippen LogP contribution is 2.27. The number of thiazole rings is 1. The van der Waals surface area contributed by atoms with Crippen LogP contribution in [0.5, 0.6) is 0 Å². The molecule has 1 aromatic carbocycles. The first-order valence-corrected chi connectivity index (χ1v) is 9.23. The first-order valence-electron chi connectivity index (χ1n) is 8.41. The second-order valence-electron chi connectivity index (χ2n) is 6.14. The molecule has 0 saturated heterocycles. The predicted molar refractivity (Wildman–Crippen MR) is 103 cm³/mol. The number of aromatic nitrogens is 4. The number of alkyl halides is 2. The SMILES string of the molecule is Cc1nc(NC(=O)c2cnn3c(C(F)F)cc(-c4ccccc4)nc23)sc1C. The summed E-state index contributed by atoms with van der Waals surface area (Å²) in [4.78, 5) is 22.4. The molecule has 0 spiro atoms. The third-order valence-electron chi connectivity index (χ3n) is 4.29. The smallest absolute Gasteiger partial charge is 0.280 e. The molecule has 0 unspecified atom stereocenters. The number of anilines is 1. The van der Waals surface area contributed by atoms with Crippen molar-refractivity contribution in [1.82, 2.24) is 19.6 Å². The average molecular weight is 399 g/mol. The number of benzene rings is 1. The van der Waals surface area contributed by atoms with Crippen molar-refractivity contribution in [2.45, 2.75) is 20.3 Å². The fourth-order valence-corrected chi connectivity index (χ4v) is 3.56. The van der Waals surface area contributed by atoms with E-state index in [0.29, 0.717) is 16.4 Å². The summed E-state index contributed by atoms with van der Waals surface area (Å²) in [6, 6.07) is 10.2. The molecule has 0 aliphatic rings. The van der Waals surface area contributed by atoms with E-state index in [-0.39, 0.29) is 16.9 Å². The van der Waals surface area contributed by atoms with Crippen LogP contribution in [0.3, 0.4) is 0 Å². The molecule has 0 fully saturated rings. The van der Waals surface area contributed by atoms with Crippen LogP contribution in [0.2, 0.25) is 0 Å². The third kappa shape index (κ3) is 3.24. The number of nitrogens with zero attached hydrogens (tertiary/aromatic N) is 4. The molecule has 0 aliphatic carbocycles. The molecular weight excluding hydrogens is 384 g/mol. The van der Waals surface area contributed by atoms with Gasteiger partial charge in [-0.3, -0.25) is 10.1 Å². The Morgan fingerprint density at radius 3 is 2.57 bits per heavy atom. The van der Waals surface area contributed by atoms with Gasteiger partial charge in [-0.15, -0.1) is 11.3 Å². The van der Waals surface area contributed by atoms with Gasteiger partial charge in [0.2, 0.25) is 0 Å². The Morgan fingerprint density at radius 1 is 1.18 bits per heavy atom. The lowest BCUT2D eigenvalue weighted by atomic mass is 10.1. The Kier molecular flexibility index (Phi) is 4.60. The number of rotatable bonds is 4. The quantitative estimate of drug-likeness (QED) is 0.542. The van der Waals surface area contributed by atoms with Crippen LogP contribution >= 0.6 is 11.3 Å². The zero-order valence-electron chi connectivity index (χ0n) is 15.0. The van der Waals surface area contributed by atoms with E-state index < -0.39 is 12.3 Å². The molecule has 1 amide bonds. The molecule has 0 radical (unpaired) electrons. The van der Waals surface area contributed by atoms with Crippen molar-refractivity contribution in [2.24, 2.45) is 0 Å². The van der Waals surface area contributed by atoms with Gasteiger partial charge in [0.1, 0.15) is 11.3 Å². The van der Waals surface area contributed by atoms with Gasteiger partial charge in [-0.05, 0) is 19.9 Å². The highest BCUT2D eigenvalue weighted by Gasteiger charge is 2.22. The maximum absolute atomic E-state index is 13.6. The summed E-state index contributed by atoms with van der Waals surface area (Å²) in [7, 11) is 0. The Labute approximate surface area is 162 Å². The summed E-state index contributed by atoms with van der Waals surface area (Å²) in [5.41, 5.74) is 1.68. The Balaban J connectivity index is 1.81. The number of aryl methyl sites for hydroxylation is 2. The molecule has 3 aromatic heterocycles. The fraction of sp³-hybridized carbons (Fsp3) is 0.158. The van der Waals surface area contributed by atoms with E-state index in [1.165, 1.54) is 23.6 Å². The van der Waals surface area contributed by atoms with Gasteiger partial charge in [0.25, 0.3) is 12.3 Å². The molecular formula is C19H15F2N5OS. The van der Waals surface area contributed by atoms with Crippen molar-refractivity contribution in [2.75, 3.05) is 5.32 Å². The highest BCUT2D eigenvalue weighted by molar-refractivity contribution is 7.15. The van der Waals surface area contributed by atoms with Gasteiger partial charge in [-0.2, -0.15) is 5.10 Å². The van der Waals surface area contributed by atoms with Gasteiger partial charge in [-0.25, -0.2) is 23.3 Å². The minimum absolute atomic E-state index is 0.0687. The van der Waals surface area contributed by atoms with Crippen molar-refractivity contribution in [3.05, 3.63) is 64.4 Å². The molecule has 1 N–H and O–H groups in total. The molecule has 0 aliphatic heterocycles. The number of carbonyl (C=O) groups excluding carboxylic acids is 1. The van der Waals surface area contributed by atoms with Crippen LogP contribution in [0.15, 0.2) is 42.6 Å². The molecule has 0 saturated carbocycles. The van der Waals surface area contributed by atoms with Crippen LogP contribution in [-0.4, -0.2) is 25.5 Å². The number of hydrogen-bond acceptors (Lipinski definition) is 5. The van der Waals surface area contributed by atoms with Gasteiger partial charge < -0.3 is 0 Å². The number of carbonyl (C=O) groups is 1. The van der Waals surface area contributed by atoms with Crippen LogP contribution in [0.25, 0.3) is 16.9 Å². The molecule has 9 heteroatoms. The molecule has 0 atom stereocenters. The maximum atomic E-state index is 13.6. The Morgan fingerprint density at radius 2 is 1.93 bits per heavy atom. The summed E-state index contributed by atoms with van der Waals surface area (Å²) >= 11 is 1.34. The van der Waals surface area contributed by atoms with E-state index in [1.54, 1.807) is 24.3 Å². The van der Waals surface area contributed by atoms with E-state index >= 15 is 0 Å². The van der Waals surface area contributed by atoms with Crippen molar-refractivity contribution in [3.63, 3.8) is 0 Å². The molecule has 0 bridgehead atoms.